The highest BCUT2D eigenvalue weighted by atomic mass is 16.5. The summed E-state index contributed by atoms with van der Waals surface area (Å²) in [4.78, 5) is 2.63. The number of methoxy groups -OCH3 is 1. The van der Waals surface area contributed by atoms with Gasteiger partial charge in [0, 0.05) is 26.2 Å². The van der Waals surface area contributed by atoms with Crippen LogP contribution in [0.25, 0.3) is 0 Å². The van der Waals surface area contributed by atoms with Crippen LogP contribution in [0.5, 0.6) is 0 Å². The fourth-order valence-corrected chi connectivity index (χ4v) is 2.34. The molecule has 1 fully saturated rings. The largest absolute Gasteiger partial charge is 0.383 e. The molecule has 16 heavy (non-hydrogen) atoms. The quantitative estimate of drug-likeness (QED) is 0.701. The molecule has 0 saturated carbocycles. The maximum Gasteiger partial charge on any atom is 0.0587 e. The zero-order valence-electron chi connectivity index (χ0n) is 11.2. The molecular weight excluding hydrogens is 200 g/mol. The Hall–Kier alpha value is -0.120. The monoisotopic (exact) mass is 228 g/mol. The van der Waals surface area contributed by atoms with Gasteiger partial charge in [-0.15, -0.1) is 0 Å². The van der Waals surface area contributed by atoms with Crippen LogP contribution in [0, 0.1) is 5.92 Å². The molecule has 0 bridgehead atoms. The molecule has 1 saturated heterocycles. The number of hydrogen-bond acceptors (Lipinski definition) is 3. The van der Waals surface area contributed by atoms with E-state index in [9.17, 15) is 0 Å². The summed E-state index contributed by atoms with van der Waals surface area (Å²) in [5.41, 5.74) is 0. The maximum atomic E-state index is 5.03. The predicted molar refractivity (Wildman–Crippen MR) is 68.8 cm³/mol. The van der Waals surface area contributed by atoms with Gasteiger partial charge in [-0.3, -0.25) is 4.90 Å². The summed E-state index contributed by atoms with van der Waals surface area (Å²) in [6, 6.07) is 0.655. The molecule has 0 amide bonds. The van der Waals surface area contributed by atoms with Crippen LogP contribution in [0.3, 0.4) is 0 Å². The lowest BCUT2D eigenvalue weighted by Gasteiger charge is -2.27. The van der Waals surface area contributed by atoms with Crippen LogP contribution >= 0.6 is 0 Å². The first-order valence-corrected chi connectivity index (χ1v) is 6.67. The molecule has 0 spiro atoms. The molecule has 2 unspecified atom stereocenters. The normalized spacial score (nSPS) is 25.3. The fourth-order valence-electron chi connectivity index (χ4n) is 2.34. The van der Waals surface area contributed by atoms with Crippen LogP contribution in [-0.4, -0.2) is 50.8 Å². The minimum absolute atomic E-state index is 0.655. The first-order valence-electron chi connectivity index (χ1n) is 6.67. The van der Waals surface area contributed by atoms with Crippen molar-refractivity contribution in [2.24, 2.45) is 5.92 Å². The third kappa shape index (κ3) is 5.28. The summed E-state index contributed by atoms with van der Waals surface area (Å²) in [7, 11) is 1.75. The molecule has 1 heterocycles. The Bertz CT molecular complexity index is 175. The number of ether oxygens (including phenoxy) is 1. The number of hydrogen-bond donors (Lipinski definition) is 1. The van der Waals surface area contributed by atoms with Gasteiger partial charge >= 0.3 is 0 Å². The third-order valence-corrected chi connectivity index (χ3v) is 3.60. The standard InChI is InChI=1S/C13H28N2O/c1-12-5-4-8-15(9-6-12)13(2)11-14-7-10-16-3/h12-14H,4-11H2,1-3H3. The maximum absolute atomic E-state index is 5.03. The fraction of sp³-hybridized carbons (Fsp3) is 1.00. The molecule has 0 radical (unpaired) electrons. The van der Waals surface area contributed by atoms with Gasteiger partial charge in [0.15, 0.2) is 0 Å². The number of likely N-dealkylation sites (tertiary alicyclic amines) is 1. The van der Waals surface area contributed by atoms with E-state index >= 15 is 0 Å². The molecule has 1 aliphatic rings. The van der Waals surface area contributed by atoms with Crippen molar-refractivity contribution in [2.45, 2.75) is 39.2 Å². The Morgan fingerprint density at radius 1 is 1.38 bits per heavy atom. The first kappa shape index (κ1) is 13.9. The van der Waals surface area contributed by atoms with Crippen LogP contribution in [-0.2, 0) is 4.74 Å². The smallest absolute Gasteiger partial charge is 0.0587 e. The van der Waals surface area contributed by atoms with Gasteiger partial charge in [-0.25, -0.2) is 0 Å². The Kier molecular flexibility index (Phi) is 7.01. The van der Waals surface area contributed by atoms with E-state index in [4.69, 9.17) is 4.74 Å². The second-order valence-electron chi connectivity index (χ2n) is 5.12. The minimum Gasteiger partial charge on any atom is -0.383 e. The highest BCUT2D eigenvalue weighted by Crippen LogP contribution is 2.17. The van der Waals surface area contributed by atoms with Crippen molar-refractivity contribution in [3.05, 3.63) is 0 Å². The molecule has 0 aliphatic carbocycles. The summed E-state index contributed by atoms with van der Waals surface area (Å²) in [5.74, 6) is 0.915. The second kappa shape index (κ2) is 8.04. The van der Waals surface area contributed by atoms with Crippen LogP contribution in [0.15, 0.2) is 0 Å². The molecule has 0 aromatic heterocycles. The van der Waals surface area contributed by atoms with E-state index in [0.29, 0.717) is 6.04 Å². The average molecular weight is 228 g/mol. The number of nitrogens with one attached hydrogen (secondary N) is 1. The van der Waals surface area contributed by atoms with Crippen LogP contribution in [0.4, 0.5) is 0 Å². The van der Waals surface area contributed by atoms with Crippen molar-refractivity contribution in [1.29, 1.82) is 0 Å². The zero-order valence-corrected chi connectivity index (χ0v) is 11.2. The Labute approximate surface area is 101 Å². The van der Waals surface area contributed by atoms with Crippen molar-refractivity contribution >= 4 is 0 Å². The van der Waals surface area contributed by atoms with Crippen LogP contribution in [0.2, 0.25) is 0 Å². The van der Waals surface area contributed by atoms with Gasteiger partial charge in [0.05, 0.1) is 6.61 Å². The summed E-state index contributed by atoms with van der Waals surface area (Å²) in [6.45, 7) is 10.1. The van der Waals surface area contributed by atoms with Gasteiger partial charge in [-0.1, -0.05) is 6.92 Å². The molecule has 3 nitrogen and oxygen atoms in total. The number of nitrogens with zero attached hydrogens (tertiary/aromatic N) is 1. The molecule has 96 valence electrons. The molecule has 2 atom stereocenters. The first-order chi connectivity index (χ1) is 7.74. The summed E-state index contributed by atoms with van der Waals surface area (Å²) >= 11 is 0. The van der Waals surface area contributed by atoms with Crippen LogP contribution < -0.4 is 5.32 Å². The van der Waals surface area contributed by atoms with Gasteiger partial charge in [-0.2, -0.15) is 0 Å². The molecule has 1 N–H and O–H groups in total. The highest BCUT2D eigenvalue weighted by Gasteiger charge is 2.17. The van der Waals surface area contributed by atoms with Crippen molar-refractivity contribution in [3.8, 4) is 0 Å². The van der Waals surface area contributed by atoms with Crippen molar-refractivity contribution in [3.63, 3.8) is 0 Å². The minimum atomic E-state index is 0.655. The lowest BCUT2D eigenvalue weighted by atomic mass is 10.0. The zero-order chi connectivity index (χ0) is 11.8. The van der Waals surface area contributed by atoms with Gasteiger partial charge in [0.25, 0.3) is 0 Å². The SMILES string of the molecule is COCCNCC(C)N1CCCC(C)CC1. The Morgan fingerprint density at radius 3 is 2.94 bits per heavy atom. The van der Waals surface area contributed by atoms with Gasteiger partial charge in [-0.05, 0) is 45.2 Å². The van der Waals surface area contributed by atoms with Crippen molar-refractivity contribution in [1.82, 2.24) is 10.2 Å². The lowest BCUT2D eigenvalue weighted by Crippen LogP contribution is -2.41. The molecule has 1 aliphatic heterocycles. The molecule has 0 aromatic rings. The molecule has 3 heteroatoms. The van der Waals surface area contributed by atoms with Gasteiger partial charge in [0.1, 0.15) is 0 Å². The second-order valence-corrected chi connectivity index (χ2v) is 5.12. The molecule has 0 aromatic carbocycles. The van der Waals surface area contributed by atoms with E-state index in [1.807, 2.05) is 0 Å². The molecule has 1 rings (SSSR count). The highest BCUT2D eigenvalue weighted by molar-refractivity contribution is 4.74. The van der Waals surface area contributed by atoms with Gasteiger partial charge < -0.3 is 10.1 Å². The average Bonchev–Trinajstić information content (AvgIpc) is 2.49. The summed E-state index contributed by atoms with van der Waals surface area (Å²) < 4.78 is 5.03. The van der Waals surface area contributed by atoms with E-state index in [1.54, 1.807) is 7.11 Å². The van der Waals surface area contributed by atoms with E-state index in [2.05, 4.69) is 24.1 Å². The van der Waals surface area contributed by atoms with Gasteiger partial charge in [0.2, 0.25) is 0 Å². The lowest BCUT2D eigenvalue weighted by molar-refractivity contribution is 0.184. The van der Waals surface area contributed by atoms with E-state index in [0.717, 1.165) is 25.6 Å². The Balaban J connectivity index is 2.16. The topological polar surface area (TPSA) is 24.5 Å². The summed E-state index contributed by atoms with van der Waals surface area (Å²) in [6.07, 6.45) is 4.13. The number of rotatable bonds is 6. The van der Waals surface area contributed by atoms with Crippen molar-refractivity contribution in [2.75, 3.05) is 39.9 Å². The molecular formula is C13H28N2O. The van der Waals surface area contributed by atoms with Crippen LogP contribution in [0.1, 0.15) is 33.1 Å². The predicted octanol–water partition coefficient (Wildman–Crippen LogP) is 1.73. The third-order valence-electron chi connectivity index (χ3n) is 3.60. The van der Waals surface area contributed by atoms with E-state index < -0.39 is 0 Å². The Morgan fingerprint density at radius 2 is 2.19 bits per heavy atom. The van der Waals surface area contributed by atoms with E-state index in [-0.39, 0.29) is 0 Å². The summed E-state index contributed by atoms with van der Waals surface area (Å²) in [5, 5.41) is 3.45. The van der Waals surface area contributed by atoms with E-state index in [1.165, 1.54) is 32.4 Å². The van der Waals surface area contributed by atoms with Crippen molar-refractivity contribution < 1.29 is 4.74 Å².